The molecule has 1 atom stereocenters. The van der Waals surface area contributed by atoms with Gasteiger partial charge in [-0.15, -0.1) is 0 Å². The first-order chi connectivity index (χ1) is 14.4. The van der Waals surface area contributed by atoms with Gasteiger partial charge in [-0.2, -0.15) is 0 Å². The molecule has 5 nitrogen and oxygen atoms in total. The fourth-order valence-electron chi connectivity index (χ4n) is 3.92. The summed E-state index contributed by atoms with van der Waals surface area (Å²) in [6.07, 6.45) is 2.10. The first-order valence-corrected chi connectivity index (χ1v) is 11.1. The minimum Gasteiger partial charge on any atom is -0.451 e. The van der Waals surface area contributed by atoms with Gasteiger partial charge in [0, 0.05) is 54.9 Å². The fourth-order valence-corrected chi connectivity index (χ4v) is 4.26. The van der Waals surface area contributed by atoms with E-state index in [2.05, 4.69) is 45.1 Å². The van der Waals surface area contributed by atoms with Crippen molar-refractivity contribution in [2.24, 2.45) is 0 Å². The molecule has 1 aliphatic heterocycles. The largest absolute Gasteiger partial charge is 0.451 e. The molecule has 3 aromatic rings. The maximum Gasteiger partial charge on any atom is 0.290 e. The van der Waals surface area contributed by atoms with Crippen LogP contribution in [0.2, 0.25) is 0 Å². The number of furan rings is 1. The van der Waals surface area contributed by atoms with E-state index in [0.717, 1.165) is 51.7 Å². The van der Waals surface area contributed by atoms with Crippen LogP contribution >= 0.6 is 15.9 Å². The second-order valence-corrected chi connectivity index (χ2v) is 8.99. The molecule has 158 valence electrons. The van der Waals surface area contributed by atoms with Crippen molar-refractivity contribution in [1.82, 2.24) is 4.90 Å². The molecule has 0 bridgehead atoms. The van der Waals surface area contributed by atoms with Crippen molar-refractivity contribution in [2.75, 3.05) is 32.1 Å². The molecule has 2 heterocycles. The summed E-state index contributed by atoms with van der Waals surface area (Å²) in [4.78, 5) is 17.5. The van der Waals surface area contributed by atoms with Crippen molar-refractivity contribution in [3.63, 3.8) is 0 Å². The van der Waals surface area contributed by atoms with Gasteiger partial charge in [0.25, 0.3) is 5.91 Å². The molecular formula is C24H27BrN2O3. The number of carbonyl (C=O) groups is 1. The van der Waals surface area contributed by atoms with E-state index in [1.807, 2.05) is 44.1 Å². The Morgan fingerprint density at radius 1 is 1.17 bits per heavy atom. The number of halogens is 1. The Morgan fingerprint density at radius 3 is 2.60 bits per heavy atom. The van der Waals surface area contributed by atoms with Gasteiger partial charge in [-0.3, -0.25) is 4.79 Å². The summed E-state index contributed by atoms with van der Waals surface area (Å²) in [5.41, 5.74) is 3.82. The monoisotopic (exact) mass is 470 g/mol. The Bertz CT molecular complexity index is 1040. The highest BCUT2D eigenvalue weighted by molar-refractivity contribution is 9.10. The van der Waals surface area contributed by atoms with Crippen molar-refractivity contribution in [1.29, 1.82) is 0 Å². The lowest BCUT2D eigenvalue weighted by atomic mass is 10.1. The standard InChI is InChI=1S/C24H27BrN2O3/c1-16-21-11-8-18(25)13-22(21)30-23(16)24(28)27(15-20-5-4-12-29-20)14-17-6-9-19(10-7-17)26(2)3/h6-11,13,20H,4-5,12,14-15H2,1-3H3/t20-/m1/s1. The van der Waals surface area contributed by atoms with Crippen LogP contribution in [-0.2, 0) is 11.3 Å². The lowest BCUT2D eigenvalue weighted by Gasteiger charge is -2.25. The molecule has 0 saturated carbocycles. The average Bonchev–Trinajstić information content (AvgIpc) is 3.35. The van der Waals surface area contributed by atoms with E-state index in [1.54, 1.807) is 0 Å². The molecule has 1 amide bonds. The first kappa shape index (κ1) is 20.9. The van der Waals surface area contributed by atoms with Gasteiger partial charge in [0.15, 0.2) is 5.76 Å². The molecule has 1 aromatic heterocycles. The number of aryl methyl sites for hydroxylation is 1. The molecule has 1 fully saturated rings. The highest BCUT2D eigenvalue weighted by atomic mass is 79.9. The third-order valence-electron chi connectivity index (χ3n) is 5.66. The molecule has 4 rings (SSSR count). The molecule has 1 saturated heterocycles. The Kier molecular flexibility index (Phi) is 6.16. The van der Waals surface area contributed by atoms with Crippen LogP contribution < -0.4 is 4.90 Å². The van der Waals surface area contributed by atoms with Crippen LogP contribution in [0, 0.1) is 6.92 Å². The number of benzene rings is 2. The highest BCUT2D eigenvalue weighted by Gasteiger charge is 2.27. The van der Waals surface area contributed by atoms with Gasteiger partial charge < -0.3 is 19.0 Å². The number of hydrogen-bond donors (Lipinski definition) is 0. The summed E-state index contributed by atoms with van der Waals surface area (Å²) in [5, 5.41) is 0.967. The smallest absolute Gasteiger partial charge is 0.290 e. The van der Waals surface area contributed by atoms with Gasteiger partial charge in [0.05, 0.1) is 6.10 Å². The lowest BCUT2D eigenvalue weighted by molar-refractivity contribution is 0.0485. The van der Waals surface area contributed by atoms with Crippen LogP contribution in [0.25, 0.3) is 11.0 Å². The van der Waals surface area contributed by atoms with Gasteiger partial charge in [-0.1, -0.05) is 28.1 Å². The van der Waals surface area contributed by atoms with Crippen molar-refractivity contribution in [3.8, 4) is 0 Å². The molecular weight excluding hydrogens is 444 g/mol. The molecule has 0 unspecified atom stereocenters. The first-order valence-electron chi connectivity index (χ1n) is 10.3. The van der Waals surface area contributed by atoms with Gasteiger partial charge in [0.2, 0.25) is 0 Å². The van der Waals surface area contributed by atoms with Crippen LogP contribution in [-0.4, -0.2) is 44.2 Å². The summed E-state index contributed by atoms with van der Waals surface area (Å²) in [5.74, 6) is 0.318. The van der Waals surface area contributed by atoms with Crippen molar-refractivity contribution < 1.29 is 13.9 Å². The molecule has 0 radical (unpaired) electrons. The zero-order chi connectivity index (χ0) is 21.3. The number of hydrogen-bond acceptors (Lipinski definition) is 4. The van der Waals surface area contributed by atoms with E-state index in [1.165, 1.54) is 0 Å². The SMILES string of the molecule is Cc1c(C(=O)N(Cc2ccc(N(C)C)cc2)C[C@H]2CCCO2)oc2cc(Br)ccc12. The zero-order valence-electron chi connectivity index (χ0n) is 17.7. The number of fused-ring (bicyclic) bond motifs is 1. The zero-order valence-corrected chi connectivity index (χ0v) is 19.2. The average molecular weight is 471 g/mol. The Balaban J connectivity index is 1.63. The Labute approximate surface area is 185 Å². The number of anilines is 1. The van der Waals surface area contributed by atoms with E-state index in [4.69, 9.17) is 9.15 Å². The predicted octanol–water partition coefficient (Wildman–Crippen LogP) is 5.39. The molecule has 0 spiro atoms. The second-order valence-electron chi connectivity index (χ2n) is 8.08. The predicted molar refractivity (Wildman–Crippen MR) is 123 cm³/mol. The maximum atomic E-state index is 13.5. The molecule has 0 N–H and O–H groups in total. The minimum atomic E-state index is -0.0907. The number of ether oxygens (including phenoxy) is 1. The summed E-state index contributed by atoms with van der Waals surface area (Å²) in [6.45, 7) is 3.80. The van der Waals surface area contributed by atoms with E-state index < -0.39 is 0 Å². The quantitative estimate of drug-likeness (QED) is 0.484. The number of nitrogens with zero attached hydrogens (tertiary/aromatic N) is 2. The highest BCUT2D eigenvalue weighted by Crippen LogP contribution is 2.29. The van der Waals surface area contributed by atoms with Gasteiger partial charge >= 0.3 is 0 Å². The molecule has 0 aliphatic carbocycles. The molecule has 2 aromatic carbocycles. The molecule has 6 heteroatoms. The van der Waals surface area contributed by atoms with Crippen molar-refractivity contribution in [2.45, 2.75) is 32.4 Å². The summed E-state index contributed by atoms with van der Waals surface area (Å²) < 4.78 is 12.8. The minimum absolute atomic E-state index is 0.0776. The van der Waals surface area contributed by atoms with Gasteiger partial charge in [-0.05, 0) is 55.7 Å². The van der Waals surface area contributed by atoms with E-state index >= 15 is 0 Å². The van der Waals surface area contributed by atoms with E-state index in [-0.39, 0.29) is 12.0 Å². The normalized spacial score (nSPS) is 16.2. The van der Waals surface area contributed by atoms with Crippen LogP contribution in [0.1, 0.15) is 34.5 Å². The number of rotatable bonds is 6. The summed E-state index contributed by atoms with van der Waals surface area (Å²) >= 11 is 3.48. The van der Waals surface area contributed by atoms with Crippen molar-refractivity contribution >= 4 is 38.5 Å². The van der Waals surface area contributed by atoms with E-state index in [9.17, 15) is 4.79 Å². The van der Waals surface area contributed by atoms with Gasteiger partial charge in [0.1, 0.15) is 5.58 Å². The van der Waals surface area contributed by atoms with Gasteiger partial charge in [-0.25, -0.2) is 0 Å². The molecule has 1 aliphatic rings. The van der Waals surface area contributed by atoms with Crippen LogP contribution in [0.5, 0.6) is 0 Å². The number of amides is 1. The topological polar surface area (TPSA) is 45.9 Å². The fraction of sp³-hybridized carbons (Fsp3) is 0.375. The number of carbonyl (C=O) groups excluding carboxylic acids is 1. The Morgan fingerprint density at radius 2 is 1.93 bits per heavy atom. The maximum absolute atomic E-state index is 13.5. The third kappa shape index (κ3) is 4.40. The van der Waals surface area contributed by atoms with Crippen LogP contribution in [0.15, 0.2) is 51.4 Å². The Hall–Kier alpha value is -2.31. The lowest BCUT2D eigenvalue weighted by Crippen LogP contribution is -2.37. The van der Waals surface area contributed by atoms with Crippen LogP contribution in [0.3, 0.4) is 0 Å². The second kappa shape index (κ2) is 8.82. The van der Waals surface area contributed by atoms with Crippen molar-refractivity contribution in [3.05, 3.63) is 63.8 Å². The third-order valence-corrected chi connectivity index (χ3v) is 6.15. The molecule has 30 heavy (non-hydrogen) atoms. The van der Waals surface area contributed by atoms with Crippen LogP contribution in [0.4, 0.5) is 5.69 Å². The summed E-state index contributed by atoms with van der Waals surface area (Å²) in [7, 11) is 4.04. The van der Waals surface area contributed by atoms with E-state index in [0.29, 0.717) is 18.8 Å². The summed E-state index contributed by atoms with van der Waals surface area (Å²) in [6, 6.07) is 14.2.